The molecule has 2 aromatic rings. The predicted molar refractivity (Wildman–Crippen MR) is 88.8 cm³/mol. The number of aryl methyl sites for hydroxylation is 1. The van der Waals surface area contributed by atoms with E-state index in [1.807, 2.05) is 11.7 Å². The molecule has 0 spiro atoms. The zero-order valence-corrected chi connectivity index (χ0v) is 14.1. The largest absolute Gasteiger partial charge is 0.377 e. The Morgan fingerprint density at radius 3 is 2.81 bits per heavy atom. The number of hydrogen-bond acceptors (Lipinski definition) is 3. The van der Waals surface area contributed by atoms with Crippen LogP contribution in [0.5, 0.6) is 0 Å². The third-order valence-corrected chi connectivity index (χ3v) is 4.50. The number of nitrogens with zero attached hydrogens (tertiary/aromatic N) is 3. The number of rotatable bonds is 5. The highest BCUT2D eigenvalue weighted by Gasteiger charge is 2.21. The Morgan fingerprint density at radius 2 is 2.05 bits per heavy atom. The highest BCUT2D eigenvalue weighted by atomic mass is 79.9. The fourth-order valence-electron chi connectivity index (χ4n) is 3.06. The zero-order chi connectivity index (χ0) is 14.7. The summed E-state index contributed by atoms with van der Waals surface area (Å²) < 4.78 is 7.79. The van der Waals surface area contributed by atoms with E-state index >= 15 is 0 Å². The van der Waals surface area contributed by atoms with Crippen molar-refractivity contribution in [1.29, 1.82) is 0 Å². The molecule has 114 valence electrons. The molecule has 2 heterocycles. The van der Waals surface area contributed by atoms with E-state index in [2.05, 4.69) is 45.1 Å². The van der Waals surface area contributed by atoms with Crippen LogP contribution in [0, 0.1) is 0 Å². The zero-order valence-electron chi connectivity index (χ0n) is 12.5. The van der Waals surface area contributed by atoms with Crippen molar-refractivity contribution in [3.8, 4) is 0 Å². The van der Waals surface area contributed by atoms with E-state index in [9.17, 15) is 0 Å². The third kappa shape index (κ3) is 3.47. The Labute approximate surface area is 134 Å². The Morgan fingerprint density at radius 1 is 1.29 bits per heavy atom. The molecule has 1 aromatic heterocycles. The van der Waals surface area contributed by atoms with Crippen molar-refractivity contribution in [2.45, 2.75) is 25.5 Å². The maximum atomic E-state index is 5.81. The quantitative estimate of drug-likeness (QED) is 0.775. The molecule has 0 aliphatic carbocycles. The van der Waals surface area contributed by atoms with Crippen LogP contribution < -0.4 is 0 Å². The first-order valence-electron chi connectivity index (χ1n) is 7.58. The van der Waals surface area contributed by atoms with Crippen LogP contribution in [0.3, 0.4) is 0 Å². The van der Waals surface area contributed by atoms with Gasteiger partial charge in [-0.05, 0) is 18.9 Å². The summed E-state index contributed by atoms with van der Waals surface area (Å²) in [6, 6.07) is 8.46. The fourth-order valence-corrected chi connectivity index (χ4v) is 3.25. The molecule has 21 heavy (non-hydrogen) atoms. The number of likely N-dealkylation sites (tertiary alicyclic amines) is 1. The molecule has 0 atom stereocenters. The first-order valence-corrected chi connectivity index (χ1v) is 8.70. The topological polar surface area (TPSA) is 30.3 Å². The van der Waals surface area contributed by atoms with Gasteiger partial charge in [-0.1, -0.05) is 34.1 Å². The van der Waals surface area contributed by atoms with Gasteiger partial charge in [0.2, 0.25) is 0 Å². The van der Waals surface area contributed by atoms with Crippen molar-refractivity contribution in [2.75, 3.05) is 25.0 Å². The standard InChI is InChI=1S/C16H22BrN3O/c1-19-16-5-3-2-4-14(16)15(18-19)12-20-9-6-13(7-10-20)21-11-8-17/h2-5,13H,6-12H2,1H3. The lowest BCUT2D eigenvalue weighted by Crippen LogP contribution is -2.36. The van der Waals surface area contributed by atoms with E-state index in [0.29, 0.717) is 6.10 Å². The minimum absolute atomic E-state index is 0.430. The van der Waals surface area contributed by atoms with Gasteiger partial charge >= 0.3 is 0 Å². The molecule has 1 aliphatic heterocycles. The maximum absolute atomic E-state index is 5.81. The van der Waals surface area contributed by atoms with Gasteiger partial charge in [0.25, 0.3) is 0 Å². The van der Waals surface area contributed by atoms with Crippen LogP contribution in [0.4, 0.5) is 0 Å². The minimum Gasteiger partial charge on any atom is -0.377 e. The third-order valence-electron chi connectivity index (χ3n) is 4.17. The molecular formula is C16H22BrN3O. The average molecular weight is 352 g/mol. The van der Waals surface area contributed by atoms with Gasteiger partial charge in [0.1, 0.15) is 0 Å². The second-order valence-electron chi connectivity index (χ2n) is 5.62. The van der Waals surface area contributed by atoms with Crippen LogP contribution in [0.1, 0.15) is 18.5 Å². The molecule has 0 saturated carbocycles. The van der Waals surface area contributed by atoms with Crippen molar-refractivity contribution < 1.29 is 4.74 Å². The summed E-state index contributed by atoms with van der Waals surface area (Å²) in [6.07, 6.45) is 2.68. The van der Waals surface area contributed by atoms with Crippen LogP contribution in [-0.2, 0) is 18.3 Å². The monoisotopic (exact) mass is 351 g/mol. The minimum atomic E-state index is 0.430. The number of hydrogen-bond donors (Lipinski definition) is 0. The van der Waals surface area contributed by atoms with Gasteiger partial charge in [0.05, 0.1) is 23.9 Å². The lowest BCUT2D eigenvalue weighted by atomic mass is 10.1. The molecule has 0 bridgehead atoms. The number of para-hydroxylation sites is 1. The molecule has 1 aliphatic rings. The Kier molecular flexibility index (Phi) is 4.93. The van der Waals surface area contributed by atoms with Gasteiger partial charge < -0.3 is 4.74 Å². The molecular weight excluding hydrogens is 330 g/mol. The number of ether oxygens (including phenoxy) is 1. The second-order valence-corrected chi connectivity index (χ2v) is 6.42. The van der Waals surface area contributed by atoms with E-state index in [4.69, 9.17) is 9.84 Å². The van der Waals surface area contributed by atoms with E-state index in [1.54, 1.807) is 0 Å². The molecule has 0 amide bonds. The number of aromatic nitrogens is 2. The van der Waals surface area contributed by atoms with Crippen molar-refractivity contribution in [3.05, 3.63) is 30.0 Å². The molecule has 0 radical (unpaired) electrons. The number of benzene rings is 1. The van der Waals surface area contributed by atoms with Gasteiger partial charge in [0, 0.05) is 37.4 Å². The summed E-state index contributed by atoms with van der Waals surface area (Å²) in [6.45, 7) is 3.94. The Hall–Kier alpha value is -0.910. The molecule has 0 N–H and O–H groups in total. The number of fused-ring (bicyclic) bond motifs is 1. The molecule has 1 saturated heterocycles. The number of piperidine rings is 1. The van der Waals surface area contributed by atoms with E-state index in [-0.39, 0.29) is 0 Å². The van der Waals surface area contributed by atoms with Gasteiger partial charge in [-0.25, -0.2) is 0 Å². The maximum Gasteiger partial charge on any atom is 0.0843 e. The highest BCUT2D eigenvalue weighted by Crippen LogP contribution is 2.21. The van der Waals surface area contributed by atoms with Crippen LogP contribution in [0.25, 0.3) is 10.9 Å². The first-order chi connectivity index (χ1) is 10.3. The molecule has 5 heteroatoms. The molecule has 4 nitrogen and oxygen atoms in total. The van der Waals surface area contributed by atoms with Crippen LogP contribution in [0.15, 0.2) is 24.3 Å². The van der Waals surface area contributed by atoms with Gasteiger partial charge in [-0.15, -0.1) is 0 Å². The van der Waals surface area contributed by atoms with E-state index in [0.717, 1.165) is 44.4 Å². The Balaban J connectivity index is 1.62. The van der Waals surface area contributed by atoms with Crippen molar-refractivity contribution in [1.82, 2.24) is 14.7 Å². The van der Waals surface area contributed by atoms with Crippen LogP contribution in [-0.4, -0.2) is 45.8 Å². The molecule has 0 unspecified atom stereocenters. The summed E-state index contributed by atoms with van der Waals surface area (Å²) in [5, 5.41) is 6.89. The van der Waals surface area contributed by atoms with Crippen LogP contribution in [0.2, 0.25) is 0 Å². The summed E-state index contributed by atoms with van der Waals surface area (Å²) in [4.78, 5) is 2.49. The summed E-state index contributed by atoms with van der Waals surface area (Å²) in [7, 11) is 2.02. The van der Waals surface area contributed by atoms with E-state index < -0.39 is 0 Å². The second kappa shape index (κ2) is 6.90. The van der Waals surface area contributed by atoms with Gasteiger partial charge in [-0.3, -0.25) is 9.58 Å². The lowest BCUT2D eigenvalue weighted by Gasteiger charge is -2.31. The van der Waals surface area contributed by atoms with Gasteiger partial charge in [0.15, 0.2) is 0 Å². The summed E-state index contributed by atoms with van der Waals surface area (Å²) in [5.74, 6) is 0. The van der Waals surface area contributed by atoms with Crippen molar-refractivity contribution >= 4 is 26.8 Å². The Bertz CT molecular complexity index is 590. The summed E-state index contributed by atoms with van der Waals surface area (Å²) in [5.41, 5.74) is 2.40. The van der Waals surface area contributed by atoms with E-state index in [1.165, 1.54) is 16.6 Å². The predicted octanol–water partition coefficient (Wildman–Crippen LogP) is 2.95. The van der Waals surface area contributed by atoms with Gasteiger partial charge in [-0.2, -0.15) is 5.10 Å². The first kappa shape index (κ1) is 15.0. The van der Waals surface area contributed by atoms with Crippen LogP contribution >= 0.6 is 15.9 Å². The fraction of sp³-hybridized carbons (Fsp3) is 0.562. The number of halogens is 1. The molecule has 1 aromatic carbocycles. The molecule has 3 rings (SSSR count). The highest BCUT2D eigenvalue weighted by molar-refractivity contribution is 9.09. The smallest absolute Gasteiger partial charge is 0.0843 e. The van der Waals surface area contributed by atoms with Crippen molar-refractivity contribution in [2.24, 2.45) is 7.05 Å². The number of alkyl halides is 1. The lowest BCUT2D eigenvalue weighted by molar-refractivity contribution is 0.0139. The summed E-state index contributed by atoms with van der Waals surface area (Å²) >= 11 is 3.41. The average Bonchev–Trinajstić information content (AvgIpc) is 2.83. The molecule has 1 fully saturated rings. The SMILES string of the molecule is Cn1nc(CN2CCC(OCCBr)CC2)c2ccccc21. The normalized spacial score (nSPS) is 17.6. The van der Waals surface area contributed by atoms with Crippen molar-refractivity contribution in [3.63, 3.8) is 0 Å².